The van der Waals surface area contributed by atoms with Crippen LogP contribution in [0.1, 0.15) is 24.8 Å². The van der Waals surface area contributed by atoms with Crippen LogP contribution >= 0.6 is 23.2 Å². The fraction of sp³-hybridized carbons (Fsp3) is 0.571. The summed E-state index contributed by atoms with van der Waals surface area (Å²) in [6.45, 7) is 1.39. The molecule has 1 aromatic carbocycles. The summed E-state index contributed by atoms with van der Waals surface area (Å²) in [5.74, 6) is 1.000. The first-order chi connectivity index (χ1) is 9.93. The zero-order valence-electron chi connectivity index (χ0n) is 11.6. The first-order valence-corrected chi connectivity index (χ1v) is 9.31. The molecule has 2 N–H and O–H groups in total. The van der Waals surface area contributed by atoms with E-state index in [-0.39, 0.29) is 16.5 Å². The lowest BCUT2D eigenvalue weighted by Gasteiger charge is -2.19. The van der Waals surface area contributed by atoms with Crippen molar-refractivity contribution in [2.45, 2.75) is 30.7 Å². The van der Waals surface area contributed by atoms with Gasteiger partial charge in [0.2, 0.25) is 10.0 Å². The molecule has 0 radical (unpaired) electrons. The van der Waals surface area contributed by atoms with Crippen molar-refractivity contribution in [1.82, 2.24) is 4.31 Å². The van der Waals surface area contributed by atoms with Gasteiger partial charge in [-0.3, -0.25) is 0 Å². The average Bonchev–Trinajstić information content (AvgIpc) is 2.99. The number of sulfonamides is 1. The Labute approximate surface area is 135 Å². The zero-order valence-corrected chi connectivity index (χ0v) is 13.9. The van der Waals surface area contributed by atoms with Gasteiger partial charge in [-0.25, -0.2) is 8.42 Å². The van der Waals surface area contributed by atoms with Gasteiger partial charge in [0, 0.05) is 24.7 Å². The van der Waals surface area contributed by atoms with Gasteiger partial charge >= 0.3 is 0 Å². The molecule has 21 heavy (non-hydrogen) atoms. The number of hydrogen-bond donors (Lipinski definition) is 1. The van der Waals surface area contributed by atoms with Crippen molar-refractivity contribution in [2.75, 3.05) is 13.1 Å². The lowest BCUT2D eigenvalue weighted by Crippen LogP contribution is -2.30. The molecule has 0 bridgehead atoms. The van der Waals surface area contributed by atoms with E-state index in [1.54, 1.807) is 4.31 Å². The third kappa shape index (κ3) is 2.70. The van der Waals surface area contributed by atoms with E-state index < -0.39 is 10.0 Å². The molecule has 0 amide bonds. The highest BCUT2D eigenvalue weighted by molar-refractivity contribution is 7.89. The topological polar surface area (TPSA) is 63.4 Å². The second-order valence-electron chi connectivity index (χ2n) is 5.85. The lowest BCUT2D eigenvalue weighted by molar-refractivity contribution is 0.445. The third-order valence-electron chi connectivity index (χ3n) is 4.63. The van der Waals surface area contributed by atoms with Gasteiger partial charge in [0.15, 0.2) is 0 Å². The van der Waals surface area contributed by atoms with Crippen molar-refractivity contribution in [3.05, 3.63) is 27.7 Å². The Kier molecular flexibility index (Phi) is 4.23. The van der Waals surface area contributed by atoms with Crippen LogP contribution < -0.4 is 5.73 Å². The summed E-state index contributed by atoms with van der Waals surface area (Å²) in [6, 6.07) is 2.98. The number of hydrogen-bond acceptors (Lipinski definition) is 3. The van der Waals surface area contributed by atoms with Crippen molar-refractivity contribution in [3.63, 3.8) is 0 Å². The quantitative estimate of drug-likeness (QED) is 0.913. The standard InChI is InChI=1S/C14H18Cl2N2O2S/c15-12-5-13(16)14(4-11(12)6-17)21(19,20)18-7-9-2-1-3-10(9)8-18/h4-5,9-10H,1-3,6-8,17H2. The molecule has 7 heteroatoms. The SMILES string of the molecule is NCc1cc(S(=O)(=O)N2CC3CCCC3C2)c(Cl)cc1Cl. The van der Waals surface area contributed by atoms with Gasteiger partial charge in [-0.15, -0.1) is 0 Å². The monoisotopic (exact) mass is 348 g/mol. The molecule has 2 unspecified atom stereocenters. The molecule has 1 saturated carbocycles. The fourth-order valence-electron chi connectivity index (χ4n) is 3.45. The van der Waals surface area contributed by atoms with E-state index in [2.05, 4.69) is 0 Å². The number of rotatable bonds is 3. The van der Waals surface area contributed by atoms with Crippen LogP contribution in [0.2, 0.25) is 10.0 Å². The summed E-state index contributed by atoms with van der Waals surface area (Å²) in [6.07, 6.45) is 3.46. The largest absolute Gasteiger partial charge is 0.326 e. The third-order valence-corrected chi connectivity index (χ3v) is 7.28. The molecule has 3 rings (SSSR count). The minimum Gasteiger partial charge on any atom is -0.326 e. The summed E-state index contributed by atoms with van der Waals surface area (Å²) in [5, 5.41) is 0.564. The molecule has 4 nitrogen and oxygen atoms in total. The second-order valence-corrected chi connectivity index (χ2v) is 8.57. The van der Waals surface area contributed by atoms with E-state index in [0.29, 0.717) is 35.5 Å². The molecule has 1 heterocycles. The van der Waals surface area contributed by atoms with Gasteiger partial charge in [0.05, 0.1) is 5.02 Å². The Hall–Kier alpha value is -0.330. The first-order valence-electron chi connectivity index (χ1n) is 7.11. The Bertz CT molecular complexity index is 651. The van der Waals surface area contributed by atoms with Crippen LogP contribution in [0.5, 0.6) is 0 Å². The molecule has 1 aromatic rings. The van der Waals surface area contributed by atoms with Crippen LogP contribution in [0, 0.1) is 11.8 Å². The van der Waals surface area contributed by atoms with Gasteiger partial charge < -0.3 is 5.73 Å². The van der Waals surface area contributed by atoms with Crippen LogP contribution in [-0.4, -0.2) is 25.8 Å². The van der Waals surface area contributed by atoms with Crippen molar-refractivity contribution < 1.29 is 8.42 Å². The maximum atomic E-state index is 12.8. The maximum absolute atomic E-state index is 12.8. The Morgan fingerprint density at radius 1 is 1.14 bits per heavy atom. The summed E-state index contributed by atoms with van der Waals surface area (Å²) < 4.78 is 27.2. The van der Waals surface area contributed by atoms with E-state index in [1.807, 2.05) is 0 Å². The molecule has 0 aromatic heterocycles. The number of fused-ring (bicyclic) bond motifs is 1. The number of nitrogens with two attached hydrogens (primary N) is 1. The van der Waals surface area contributed by atoms with E-state index >= 15 is 0 Å². The van der Waals surface area contributed by atoms with Crippen LogP contribution in [0.25, 0.3) is 0 Å². The summed E-state index contributed by atoms with van der Waals surface area (Å²) in [4.78, 5) is 0.119. The van der Waals surface area contributed by atoms with Crippen LogP contribution in [0.4, 0.5) is 0 Å². The fourth-order valence-corrected chi connectivity index (χ4v) is 5.86. The molecule has 1 saturated heterocycles. The Morgan fingerprint density at radius 3 is 2.33 bits per heavy atom. The van der Waals surface area contributed by atoms with Gasteiger partial charge in [-0.05, 0) is 42.4 Å². The molecule has 2 aliphatic rings. The van der Waals surface area contributed by atoms with E-state index in [1.165, 1.54) is 18.6 Å². The molecular weight excluding hydrogens is 331 g/mol. The minimum atomic E-state index is -3.57. The minimum absolute atomic E-state index is 0.119. The molecule has 1 aliphatic heterocycles. The van der Waals surface area contributed by atoms with Crippen molar-refractivity contribution >= 4 is 33.2 Å². The predicted octanol–water partition coefficient (Wildman–Crippen LogP) is 2.87. The highest BCUT2D eigenvalue weighted by atomic mass is 35.5. The van der Waals surface area contributed by atoms with E-state index in [9.17, 15) is 8.42 Å². The van der Waals surface area contributed by atoms with Crippen LogP contribution in [-0.2, 0) is 16.6 Å². The molecule has 2 fully saturated rings. The lowest BCUT2D eigenvalue weighted by atomic mass is 10.0. The predicted molar refractivity (Wildman–Crippen MR) is 83.9 cm³/mol. The molecule has 116 valence electrons. The summed E-state index contributed by atoms with van der Waals surface area (Å²) >= 11 is 12.1. The smallest absolute Gasteiger partial charge is 0.244 e. The second kappa shape index (κ2) is 5.70. The highest BCUT2D eigenvalue weighted by Gasteiger charge is 2.42. The number of nitrogens with zero attached hydrogens (tertiary/aromatic N) is 1. The van der Waals surface area contributed by atoms with E-state index in [0.717, 1.165) is 12.8 Å². The van der Waals surface area contributed by atoms with Gasteiger partial charge in [-0.2, -0.15) is 4.31 Å². The molecule has 0 spiro atoms. The Balaban J connectivity index is 1.95. The van der Waals surface area contributed by atoms with Crippen molar-refractivity contribution in [3.8, 4) is 0 Å². The first kappa shape index (κ1) is 15.6. The number of benzene rings is 1. The summed E-state index contributed by atoms with van der Waals surface area (Å²) in [7, 11) is -3.57. The maximum Gasteiger partial charge on any atom is 0.244 e. The molecule has 2 atom stereocenters. The van der Waals surface area contributed by atoms with Gasteiger partial charge in [-0.1, -0.05) is 29.6 Å². The van der Waals surface area contributed by atoms with E-state index in [4.69, 9.17) is 28.9 Å². The number of halogens is 2. The van der Waals surface area contributed by atoms with Crippen LogP contribution in [0.15, 0.2) is 17.0 Å². The molecule has 1 aliphatic carbocycles. The molecular formula is C14H18Cl2N2O2S. The normalized spacial score (nSPS) is 26.2. The van der Waals surface area contributed by atoms with Gasteiger partial charge in [0.1, 0.15) is 4.90 Å². The van der Waals surface area contributed by atoms with Crippen LogP contribution in [0.3, 0.4) is 0 Å². The Morgan fingerprint density at radius 2 is 1.76 bits per heavy atom. The zero-order chi connectivity index (χ0) is 15.2. The summed E-state index contributed by atoms with van der Waals surface area (Å²) in [5.41, 5.74) is 6.20. The van der Waals surface area contributed by atoms with Gasteiger partial charge in [0.25, 0.3) is 0 Å². The van der Waals surface area contributed by atoms with Crippen molar-refractivity contribution in [1.29, 1.82) is 0 Å². The highest BCUT2D eigenvalue weighted by Crippen LogP contribution is 2.41. The van der Waals surface area contributed by atoms with Crippen molar-refractivity contribution in [2.24, 2.45) is 17.6 Å². The average molecular weight is 349 g/mol.